The summed E-state index contributed by atoms with van der Waals surface area (Å²) < 4.78 is 0. The number of nitrogens with zero attached hydrogens (tertiary/aromatic N) is 2. The minimum absolute atomic E-state index is 0.472. The number of hydrogen-bond donors (Lipinski definition) is 1. The fourth-order valence-electron chi connectivity index (χ4n) is 1.62. The maximum atomic E-state index is 5.98. The SMILES string of the molecule is C=CC.C=CC.CC.CC.CN=C(N=C(N)c1ccccc1)c1ccccc1. The van der Waals surface area contributed by atoms with Crippen LogP contribution in [-0.4, -0.2) is 18.7 Å². The molecule has 0 aliphatic carbocycles. The van der Waals surface area contributed by atoms with E-state index in [2.05, 4.69) is 23.1 Å². The second-order valence-electron chi connectivity index (χ2n) is 4.59. The standard InChI is InChI=1S/C15H15N3.2C3H6.2C2H6/c1-17-15(13-10-6-3-7-11-13)18-14(16)12-8-4-2-5-9-12;2*1-3-2;2*1-2/h2-11H,1H3,(H2,16,17,18);2*3H,1H2,2H3;2*1-2H3. The van der Waals surface area contributed by atoms with Crippen molar-refractivity contribution in [1.29, 1.82) is 0 Å². The molecule has 0 unspecified atom stereocenters. The van der Waals surface area contributed by atoms with Gasteiger partial charge in [0.25, 0.3) is 0 Å². The van der Waals surface area contributed by atoms with Gasteiger partial charge in [-0.2, -0.15) is 0 Å². The van der Waals surface area contributed by atoms with E-state index in [1.54, 1.807) is 19.2 Å². The Kier molecular flexibility index (Phi) is 25.6. The molecule has 0 atom stereocenters. The van der Waals surface area contributed by atoms with Crippen LogP contribution in [0, 0.1) is 0 Å². The zero-order chi connectivity index (χ0) is 22.2. The molecule has 0 saturated carbocycles. The second kappa shape index (κ2) is 24.1. The third-order valence-electron chi connectivity index (χ3n) is 2.54. The number of rotatable bonds is 2. The van der Waals surface area contributed by atoms with Crippen molar-refractivity contribution in [2.24, 2.45) is 15.7 Å². The van der Waals surface area contributed by atoms with Crippen molar-refractivity contribution < 1.29 is 0 Å². The quantitative estimate of drug-likeness (QED) is 0.343. The van der Waals surface area contributed by atoms with Crippen LogP contribution >= 0.6 is 0 Å². The summed E-state index contributed by atoms with van der Waals surface area (Å²) in [6.07, 6.45) is 3.50. The summed E-state index contributed by atoms with van der Waals surface area (Å²) in [7, 11) is 1.71. The van der Waals surface area contributed by atoms with E-state index in [1.807, 2.05) is 102 Å². The largest absolute Gasteiger partial charge is 0.383 e. The Labute approximate surface area is 173 Å². The van der Waals surface area contributed by atoms with Crippen LogP contribution in [0.5, 0.6) is 0 Å². The van der Waals surface area contributed by atoms with Crippen molar-refractivity contribution in [3.8, 4) is 0 Å². The predicted octanol–water partition coefficient (Wildman–Crippen LogP) is 6.91. The minimum Gasteiger partial charge on any atom is -0.383 e. The van der Waals surface area contributed by atoms with Crippen molar-refractivity contribution in [3.63, 3.8) is 0 Å². The maximum absolute atomic E-state index is 5.98. The maximum Gasteiger partial charge on any atom is 0.156 e. The van der Waals surface area contributed by atoms with Crippen LogP contribution in [0.15, 0.2) is 96.0 Å². The van der Waals surface area contributed by atoms with Crippen LogP contribution < -0.4 is 5.73 Å². The molecule has 0 aromatic heterocycles. The molecule has 0 amide bonds. The van der Waals surface area contributed by atoms with Crippen molar-refractivity contribution >= 4 is 11.7 Å². The number of benzene rings is 2. The minimum atomic E-state index is 0.472. The molecule has 0 aliphatic heterocycles. The number of hydrogen-bond acceptors (Lipinski definition) is 1. The third kappa shape index (κ3) is 15.3. The van der Waals surface area contributed by atoms with Crippen molar-refractivity contribution in [2.45, 2.75) is 41.5 Å². The zero-order valence-corrected chi connectivity index (χ0v) is 18.8. The summed E-state index contributed by atoms with van der Waals surface area (Å²) in [5.41, 5.74) is 7.83. The smallest absolute Gasteiger partial charge is 0.156 e. The van der Waals surface area contributed by atoms with Gasteiger partial charge >= 0.3 is 0 Å². The molecule has 2 rings (SSSR count). The highest BCUT2D eigenvalue weighted by atomic mass is 14.9. The molecule has 2 N–H and O–H groups in total. The van der Waals surface area contributed by atoms with Crippen LogP contribution in [0.1, 0.15) is 52.7 Å². The molecule has 0 heterocycles. The summed E-state index contributed by atoms with van der Waals surface area (Å²) in [6, 6.07) is 19.5. The second-order valence-corrected chi connectivity index (χ2v) is 4.59. The molecular formula is C25H39N3. The molecule has 0 radical (unpaired) electrons. The van der Waals surface area contributed by atoms with Crippen molar-refractivity contribution in [2.75, 3.05) is 7.05 Å². The lowest BCUT2D eigenvalue weighted by molar-refractivity contribution is 1.37. The van der Waals surface area contributed by atoms with Gasteiger partial charge in [0.05, 0.1) is 0 Å². The average Bonchev–Trinajstić information content (AvgIpc) is 2.77. The van der Waals surface area contributed by atoms with Gasteiger partial charge in [-0.25, -0.2) is 4.99 Å². The summed E-state index contributed by atoms with van der Waals surface area (Å²) in [4.78, 5) is 8.55. The first-order chi connectivity index (χ1) is 13.6. The Hall–Kier alpha value is -2.94. The predicted molar refractivity (Wildman–Crippen MR) is 131 cm³/mol. The number of amidine groups is 2. The number of aliphatic imine (C=N–C) groups is 2. The third-order valence-corrected chi connectivity index (χ3v) is 2.54. The average molecular weight is 382 g/mol. The molecule has 2 aromatic rings. The molecule has 3 heteroatoms. The lowest BCUT2D eigenvalue weighted by Crippen LogP contribution is -2.16. The van der Waals surface area contributed by atoms with Crippen molar-refractivity contribution in [1.82, 2.24) is 0 Å². The van der Waals surface area contributed by atoms with Crippen LogP contribution in [0.2, 0.25) is 0 Å². The highest BCUT2D eigenvalue weighted by molar-refractivity contribution is 6.10. The number of allylic oxidation sites excluding steroid dienone is 2. The van der Waals surface area contributed by atoms with E-state index in [-0.39, 0.29) is 0 Å². The molecule has 154 valence electrons. The van der Waals surface area contributed by atoms with E-state index in [1.165, 1.54) is 0 Å². The first-order valence-electron chi connectivity index (χ1n) is 9.70. The lowest BCUT2D eigenvalue weighted by Gasteiger charge is -2.03. The molecule has 0 fully saturated rings. The van der Waals surface area contributed by atoms with E-state index in [0.29, 0.717) is 11.7 Å². The van der Waals surface area contributed by atoms with Crippen LogP contribution in [0.4, 0.5) is 0 Å². The zero-order valence-electron chi connectivity index (χ0n) is 18.8. The molecule has 0 aliphatic rings. The first-order valence-corrected chi connectivity index (χ1v) is 9.70. The van der Waals surface area contributed by atoms with Gasteiger partial charge in [-0.15, -0.1) is 13.2 Å². The van der Waals surface area contributed by atoms with Crippen LogP contribution in [0.3, 0.4) is 0 Å². The molecule has 28 heavy (non-hydrogen) atoms. The van der Waals surface area contributed by atoms with Gasteiger partial charge < -0.3 is 5.73 Å². The Morgan fingerprint density at radius 1 is 0.750 bits per heavy atom. The highest BCUT2D eigenvalue weighted by Crippen LogP contribution is 2.04. The van der Waals surface area contributed by atoms with E-state index >= 15 is 0 Å². The van der Waals surface area contributed by atoms with Gasteiger partial charge in [-0.3, -0.25) is 4.99 Å². The van der Waals surface area contributed by atoms with E-state index < -0.39 is 0 Å². The molecular weight excluding hydrogens is 342 g/mol. The number of nitrogens with two attached hydrogens (primary N) is 1. The fraction of sp³-hybridized carbons (Fsp3) is 0.280. The summed E-state index contributed by atoms with van der Waals surface area (Å²) in [5.74, 6) is 1.11. The monoisotopic (exact) mass is 381 g/mol. The normalized spacial score (nSPS) is 9.39. The molecule has 0 saturated heterocycles. The van der Waals surface area contributed by atoms with Gasteiger partial charge in [0.1, 0.15) is 5.84 Å². The van der Waals surface area contributed by atoms with Crippen LogP contribution in [0.25, 0.3) is 0 Å². The van der Waals surface area contributed by atoms with Crippen molar-refractivity contribution in [3.05, 3.63) is 97.1 Å². The van der Waals surface area contributed by atoms with Gasteiger partial charge in [0.15, 0.2) is 5.84 Å². The summed E-state index contributed by atoms with van der Waals surface area (Å²) in [6.45, 7) is 18.5. The Morgan fingerprint density at radius 2 is 1.07 bits per heavy atom. The summed E-state index contributed by atoms with van der Waals surface area (Å²) >= 11 is 0. The lowest BCUT2D eigenvalue weighted by atomic mass is 10.2. The van der Waals surface area contributed by atoms with Gasteiger partial charge in [-0.1, -0.05) is 101 Å². The fourth-order valence-corrected chi connectivity index (χ4v) is 1.62. The molecule has 0 spiro atoms. The highest BCUT2D eigenvalue weighted by Gasteiger charge is 2.02. The Balaban J connectivity index is -0.000000534. The van der Waals surface area contributed by atoms with E-state index in [4.69, 9.17) is 5.73 Å². The first kappa shape index (κ1) is 29.8. The Bertz CT molecular complexity index is 636. The van der Waals surface area contributed by atoms with Gasteiger partial charge in [-0.05, 0) is 13.8 Å². The van der Waals surface area contributed by atoms with Gasteiger partial charge in [0.2, 0.25) is 0 Å². The van der Waals surface area contributed by atoms with E-state index in [9.17, 15) is 0 Å². The van der Waals surface area contributed by atoms with Crippen LogP contribution in [-0.2, 0) is 0 Å². The Morgan fingerprint density at radius 3 is 1.39 bits per heavy atom. The topological polar surface area (TPSA) is 50.7 Å². The molecule has 0 bridgehead atoms. The van der Waals surface area contributed by atoms with Gasteiger partial charge in [0, 0.05) is 18.2 Å². The molecule has 2 aromatic carbocycles. The summed E-state index contributed by atoms with van der Waals surface area (Å²) in [5, 5.41) is 0. The molecule has 3 nitrogen and oxygen atoms in total. The van der Waals surface area contributed by atoms with E-state index in [0.717, 1.165) is 11.1 Å².